The van der Waals surface area contributed by atoms with Gasteiger partial charge in [0.25, 0.3) is 0 Å². The molecular weight excluding hydrogens is 406 g/mol. The van der Waals surface area contributed by atoms with E-state index < -0.39 is 0 Å². The lowest BCUT2D eigenvalue weighted by atomic mass is 10.2. The van der Waals surface area contributed by atoms with E-state index in [4.69, 9.17) is 11.6 Å². The number of carbonyl (C=O) groups is 1. The van der Waals surface area contributed by atoms with Gasteiger partial charge in [0.2, 0.25) is 5.91 Å². The number of halogens is 1. The van der Waals surface area contributed by atoms with Crippen molar-refractivity contribution in [2.75, 3.05) is 16.4 Å². The minimum absolute atomic E-state index is 0.0920. The highest BCUT2D eigenvalue weighted by Crippen LogP contribution is 2.20. The summed E-state index contributed by atoms with van der Waals surface area (Å²) < 4.78 is 1.94. The lowest BCUT2D eigenvalue weighted by Gasteiger charge is -2.10. The first-order valence-electron chi connectivity index (χ1n) is 9.07. The molecule has 0 aliphatic heterocycles. The van der Waals surface area contributed by atoms with E-state index in [1.54, 1.807) is 6.08 Å². The smallest absolute Gasteiger partial charge is 0.234 e. The van der Waals surface area contributed by atoms with E-state index in [1.165, 1.54) is 11.8 Å². The third-order valence-corrected chi connectivity index (χ3v) is 5.25. The maximum Gasteiger partial charge on any atom is 0.234 e. The number of carbonyl (C=O) groups excluding carboxylic acids is 1. The van der Waals surface area contributed by atoms with Crippen LogP contribution < -0.4 is 10.6 Å². The molecule has 0 saturated heterocycles. The van der Waals surface area contributed by atoms with Crippen molar-refractivity contribution in [3.63, 3.8) is 0 Å². The van der Waals surface area contributed by atoms with Gasteiger partial charge in [0, 0.05) is 22.9 Å². The quantitative estimate of drug-likeness (QED) is 0.380. The van der Waals surface area contributed by atoms with E-state index in [1.807, 2.05) is 60.0 Å². The predicted molar refractivity (Wildman–Crippen MR) is 120 cm³/mol. The van der Waals surface area contributed by atoms with Crippen LogP contribution in [0.3, 0.4) is 0 Å². The second kappa shape index (κ2) is 10.1. The maximum absolute atomic E-state index is 12.3. The number of hydrogen-bond donors (Lipinski definition) is 2. The van der Waals surface area contributed by atoms with Crippen LogP contribution in [0.5, 0.6) is 0 Å². The lowest BCUT2D eigenvalue weighted by Crippen LogP contribution is -2.15. The van der Waals surface area contributed by atoms with Gasteiger partial charge in [0.1, 0.15) is 0 Å². The summed E-state index contributed by atoms with van der Waals surface area (Å²) in [5, 5.41) is 16.0. The standard InChI is InChI=1S/C21H22ClN5OS/c1-3-11-27-19(13-23-18-6-4-5-16(22)12-18)25-26-21(27)29-14-20(28)24-17-9-7-15(2)8-10-17/h3-10,12,23H,1,11,13-14H2,2H3,(H,24,28). The third kappa shape index (κ3) is 6.10. The SMILES string of the molecule is C=CCn1c(CNc2cccc(Cl)c2)nnc1SCC(=O)Nc1ccc(C)cc1. The third-order valence-electron chi connectivity index (χ3n) is 4.05. The zero-order valence-electron chi connectivity index (χ0n) is 16.1. The number of hydrogen-bond acceptors (Lipinski definition) is 5. The Morgan fingerprint density at radius 1 is 1.21 bits per heavy atom. The zero-order valence-corrected chi connectivity index (χ0v) is 17.6. The van der Waals surface area contributed by atoms with Crippen molar-refractivity contribution in [2.45, 2.75) is 25.2 Å². The fourth-order valence-electron chi connectivity index (χ4n) is 2.61. The molecule has 3 aromatic rings. The molecule has 29 heavy (non-hydrogen) atoms. The first-order chi connectivity index (χ1) is 14.0. The Labute approximate surface area is 179 Å². The van der Waals surface area contributed by atoms with Gasteiger partial charge in [-0.1, -0.05) is 53.2 Å². The van der Waals surface area contributed by atoms with Crippen LogP contribution in [0.15, 0.2) is 66.3 Å². The fraction of sp³-hybridized carbons (Fsp3) is 0.190. The molecule has 8 heteroatoms. The molecule has 1 aromatic heterocycles. The van der Waals surface area contributed by atoms with Crippen molar-refractivity contribution in [3.8, 4) is 0 Å². The molecule has 0 aliphatic rings. The van der Waals surface area contributed by atoms with Crippen molar-refractivity contribution in [1.29, 1.82) is 0 Å². The highest BCUT2D eigenvalue weighted by atomic mass is 35.5. The maximum atomic E-state index is 12.3. The Balaban J connectivity index is 1.60. The number of nitrogens with one attached hydrogen (secondary N) is 2. The predicted octanol–water partition coefficient (Wildman–Crippen LogP) is 4.77. The van der Waals surface area contributed by atoms with Gasteiger partial charge in [-0.05, 0) is 37.3 Å². The molecule has 0 radical (unpaired) electrons. The lowest BCUT2D eigenvalue weighted by molar-refractivity contribution is -0.113. The van der Waals surface area contributed by atoms with Crippen LogP contribution in [0.25, 0.3) is 0 Å². The molecule has 0 spiro atoms. The Morgan fingerprint density at radius 2 is 2.00 bits per heavy atom. The number of nitrogens with zero attached hydrogens (tertiary/aromatic N) is 3. The number of anilines is 2. The molecular formula is C21H22ClN5OS. The fourth-order valence-corrected chi connectivity index (χ4v) is 3.57. The second-order valence-corrected chi connectivity index (χ2v) is 7.74. The normalized spacial score (nSPS) is 10.6. The van der Waals surface area contributed by atoms with Crippen molar-refractivity contribution in [1.82, 2.24) is 14.8 Å². The average Bonchev–Trinajstić information content (AvgIpc) is 3.09. The topological polar surface area (TPSA) is 71.8 Å². The van der Waals surface area contributed by atoms with E-state index in [9.17, 15) is 4.79 Å². The monoisotopic (exact) mass is 427 g/mol. The number of thioether (sulfide) groups is 1. The zero-order chi connectivity index (χ0) is 20.6. The van der Waals surface area contributed by atoms with Crippen LogP contribution in [-0.2, 0) is 17.9 Å². The van der Waals surface area contributed by atoms with E-state index in [-0.39, 0.29) is 11.7 Å². The minimum Gasteiger partial charge on any atom is -0.378 e. The van der Waals surface area contributed by atoms with Crippen LogP contribution in [0, 0.1) is 6.92 Å². The van der Waals surface area contributed by atoms with E-state index in [0.717, 1.165) is 22.8 Å². The van der Waals surface area contributed by atoms with Crippen molar-refractivity contribution < 1.29 is 4.79 Å². The van der Waals surface area contributed by atoms with Gasteiger partial charge in [-0.3, -0.25) is 4.79 Å². The number of rotatable bonds is 9. The first-order valence-corrected chi connectivity index (χ1v) is 10.4. The summed E-state index contributed by atoms with van der Waals surface area (Å²) in [6, 6.07) is 15.2. The molecule has 3 rings (SSSR count). The Morgan fingerprint density at radius 3 is 2.72 bits per heavy atom. The van der Waals surface area contributed by atoms with Gasteiger partial charge in [-0.25, -0.2) is 0 Å². The molecule has 150 valence electrons. The van der Waals surface area contributed by atoms with Gasteiger partial charge >= 0.3 is 0 Å². The van der Waals surface area contributed by atoms with Crippen LogP contribution in [0.4, 0.5) is 11.4 Å². The van der Waals surface area contributed by atoms with Crippen molar-refractivity contribution in [2.24, 2.45) is 0 Å². The summed E-state index contributed by atoms with van der Waals surface area (Å²) in [7, 11) is 0. The number of aromatic nitrogens is 3. The van der Waals surface area contributed by atoms with Crippen LogP contribution >= 0.6 is 23.4 Å². The molecule has 0 bridgehead atoms. The molecule has 1 heterocycles. The van der Waals surface area contributed by atoms with E-state index in [0.29, 0.717) is 23.3 Å². The molecule has 0 aliphatic carbocycles. The average molecular weight is 428 g/mol. The number of allylic oxidation sites excluding steroid dienone is 1. The Hall–Kier alpha value is -2.77. The van der Waals surface area contributed by atoms with E-state index in [2.05, 4.69) is 27.4 Å². The first kappa shape index (κ1) is 21.0. The molecule has 0 saturated carbocycles. The van der Waals surface area contributed by atoms with Gasteiger partial charge in [0.05, 0.1) is 12.3 Å². The van der Waals surface area contributed by atoms with Crippen molar-refractivity contribution in [3.05, 3.63) is 77.6 Å². The second-order valence-electron chi connectivity index (χ2n) is 6.36. The summed E-state index contributed by atoms with van der Waals surface area (Å²) in [4.78, 5) is 12.3. The van der Waals surface area contributed by atoms with Crippen molar-refractivity contribution >= 4 is 40.6 Å². The van der Waals surface area contributed by atoms with Gasteiger partial charge in [-0.2, -0.15) is 0 Å². The molecule has 1 amide bonds. The molecule has 0 fully saturated rings. The van der Waals surface area contributed by atoms with Gasteiger partial charge in [0.15, 0.2) is 11.0 Å². The summed E-state index contributed by atoms with van der Waals surface area (Å²) in [6.07, 6.45) is 1.78. The molecule has 2 aromatic carbocycles. The van der Waals surface area contributed by atoms with Crippen LogP contribution in [0.2, 0.25) is 5.02 Å². The van der Waals surface area contributed by atoms with Crippen LogP contribution in [0.1, 0.15) is 11.4 Å². The number of amides is 1. The molecule has 6 nitrogen and oxygen atoms in total. The van der Waals surface area contributed by atoms with Gasteiger partial charge < -0.3 is 15.2 Å². The number of benzene rings is 2. The largest absolute Gasteiger partial charge is 0.378 e. The van der Waals surface area contributed by atoms with E-state index >= 15 is 0 Å². The highest BCUT2D eigenvalue weighted by Gasteiger charge is 2.13. The summed E-state index contributed by atoms with van der Waals surface area (Å²) in [5.41, 5.74) is 2.83. The summed E-state index contributed by atoms with van der Waals surface area (Å²) >= 11 is 7.36. The molecule has 0 atom stereocenters. The summed E-state index contributed by atoms with van der Waals surface area (Å²) in [5.74, 6) is 0.905. The minimum atomic E-state index is -0.0920. The summed E-state index contributed by atoms with van der Waals surface area (Å²) in [6.45, 7) is 6.85. The molecule has 0 unspecified atom stereocenters. The van der Waals surface area contributed by atoms with Gasteiger partial charge in [-0.15, -0.1) is 16.8 Å². The Bertz CT molecular complexity index is 987. The number of aryl methyl sites for hydroxylation is 1. The Kier molecular flexibility index (Phi) is 7.32. The molecule has 2 N–H and O–H groups in total. The van der Waals surface area contributed by atoms with Crippen LogP contribution in [-0.4, -0.2) is 26.4 Å². The highest BCUT2D eigenvalue weighted by molar-refractivity contribution is 7.99.